The molecule has 30 nitrogen and oxygen atoms in total. The average molecular weight is 1110 g/mol. The third-order valence-corrected chi connectivity index (χ3v) is 15.3. The van der Waals surface area contributed by atoms with Gasteiger partial charge in [0.2, 0.25) is 0 Å². The molecular weight excluding hydrogens is 1040 g/mol. The summed E-state index contributed by atoms with van der Waals surface area (Å²) >= 11 is 0. The summed E-state index contributed by atoms with van der Waals surface area (Å²) in [4.78, 5) is 13.0. The molecule has 4 saturated heterocycles. The summed E-state index contributed by atoms with van der Waals surface area (Å²) in [6.45, 7) is 4.47. The van der Waals surface area contributed by atoms with E-state index in [1.165, 1.54) is 10.4 Å². The van der Waals surface area contributed by atoms with Crippen molar-refractivity contribution in [2.24, 2.45) is 34.4 Å². The minimum absolute atomic E-state index is 0.0285. The summed E-state index contributed by atoms with van der Waals surface area (Å²) < 4.78 is 51.7. The van der Waals surface area contributed by atoms with Crippen LogP contribution in [0.5, 0.6) is 5.75 Å². The summed E-state index contributed by atoms with van der Waals surface area (Å²) in [6.07, 6.45) is -17.0. The van der Waals surface area contributed by atoms with Gasteiger partial charge in [-0.2, -0.15) is 0 Å². The zero-order chi connectivity index (χ0) is 55.6. The highest BCUT2D eigenvalue weighted by molar-refractivity contribution is 5.83. The standard InChI is InChI=1S/C49H74N16O14/c1-62-8-10-63(11-9-62)26-4-7-30-31(14-26)57-46(56-30)23-2-5-27(6-3-23)73-13-12-64-18-24(58-60-64)21-72-22-25-19-65(61-59-25)20-34-44(78-48-36(55)41(70)39(68)33(17-51)75-48)42(71)49(76-34)79-45-37(66)28(52)15-29(53)43(45)77-47-35(54)40(69)38(67)32(16-50)74-47/h2-7,14,18-19,28-29,32-45,47-49,66-71H,8-13,15-17,20-22,50-55H2,1H3,(H,56,57)/t28-,29?,32?,33?,34?,35?,36?,37?,38-,39-,40?,41?,42?,43-,44?,45?,47-,48-,49?/m1/s1. The van der Waals surface area contributed by atoms with Gasteiger partial charge in [0.05, 0.1) is 67.9 Å². The van der Waals surface area contributed by atoms with Crippen LogP contribution in [0.25, 0.3) is 22.4 Å². The van der Waals surface area contributed by atoms with Crippen molar-refractivity contribution >= 4 is 16.7 Å². The van der Waals surface area contributed by atoms with Crippen molar-refractivity contribution in [2.45, 2.75) is 149 Å². The van der Waals surface area contributed by atoms with Gasteiger partial charge in [-0.1, -0.05) is 10.4 Å². The van der Waals surface area contributed by atoms with Crippen LogP contribution in [0.3, 0.4) is 0 Å². The SMILES string of the molecule is CN1CCN(c2ccc3nc(-c4ccc(OCCn5cc(COCc6cn(CC7OC(OC8C(O)[C@H](N)CC(N)[C@H]8O[C@H]8OC(CN)[C@@H](O)C(O)C8N)C(O)C7O[C@H]7OC(CN)[C@@H](O)C(O)C7N)nn6)nn5)cc4)[nH]c3c2)CC1. The predicted molar refractivity (Wildman–Crippen MR) is 277 cm³/mol. The highest BCUT2D eigenvalue weighted by Crippen LogP contribution is 2.35. The van der Waals surface area contributed by atoms with E-state index in [0.717, 1.165) is 48.6 Å². The predicted octanol–water partition coefficient (Wildman–Crippen LogP) is -5.91. The van der Waals surface area contributed by atoms with Crippen molar-refractivity contribution in [3.05, 3.63) is 66.2 Å². The van der Waals surface area contributed by atoms with Gasteiger partial charge in [-0.3, -0.25) is 0 Å². The normalized spacial score (nSPS) is 35.6. The monoisotopic (exact) mass is 1110 g/mol. The first-order valence-corrected chi connectivity index (χ1v) is 26.5. The lowest BCUT2D eigenvalue weighted by molar-refractivity contribution is -0.306. The van der Waals surface area contributed by atoms with Crippen LogP contribution in [0.2, 0.25) is 0 Å². The molecule has 19 N–H and O–H groups in total. The van der Waals surface area contributed by atoms with Gasteiger partial charge < -0.3 is 118 Å². The van der Waals surface area contributed by atoms with Gasteiger partial charge in [0.1, 0.15) is 96.7 Å². The van der Waals surface area contributed by atoms with E-state index in [2.05, 4.69) is 60.7 Å². The number of piperazine rings is 1. The van der Waals surface area contributed by atoms with Crippen molar-refractivity contribution < 1.29 is 68.5 Å². The van der Waals surface area contributed by atoms with Crippen LogP contribution >= 0.6 is 0 Å². The van der Waals surface area contributed by atoms with E-state index in [4.69, 9.17) is 77.3 Å². The fourth-order valence-electron chi connectivity index (χ4n) is 10.6. The van der Waals surface area contributed by atoms with Gasteiger partial charge in [-0.05, 0) is 55.9 Å². The van der Waals surface area contributed by atoms with E-state index in [9.17, 15) is 30.6 Å². The first-order chi connectivity index (χ1) is 38.0. The first kappa shape index (κ1) is 57.2. The number of anilines is 1. The van der Waals surface area contributed by atoms with Crippen LogP contribution in [-0.4, -0.2) is 245 Å². The van der Waals surface area contributed by atoms with E-state index in [1.54, 1.807) is 17.1 Å². The molecule has 2 aromatic carbocycles. The van der Waals surface area contributed by atoms with E-state index in [-0.39, 0.29) is 39.3 Å². The number of likely N-dealkylation sites (N-methyl/N-ethyl adjacent to an activating group) is 1. The third kappa shape index (κ3) is 12.7. The number of nitrogens with zero attached hydrogens (tertiary/aromatic N) is 9. The highest BCUT2D eigenvalue weighted by Gasteiger charge is 2.54. The molecule has 13 unspecified atom stereocenters. The zero-order valence-corrected chi connectivity index (χ0v) is 43.6. The van der Waals surface area contributed by atoms with E-state index < -0.39 is 116 Å². The van der Waals surface area contributed by atoms with Crippen LogP contribution in [0, 0.1) is 0 Å². The minimum atomic E-state index is -1.65. The molecule has 0 spiro atoms. The first-order valence-electron chi connectivity index (χ1n) is 26.5. The van der Waals surface area contributed by atoms with Crippen LogP contribution in [0.4, 0.5) is 5.69 Å². The molecule has 5 fully saturated rings. The quantitative estimate of drug-likeness (QED) is 0.0345. The van der Waals surface area contributed by atoms with Gasteiger partial charge in [0, 0.05) is 62.6 Å². The number of ether oxygens (including phenoxy) is 8. The minimum Gasteiger partial charge on any atom is -0.492 e. The lowest BCUT2D eigenvalue weighted by Gasteiger charge is -2.47. The molecule has 7 heterocycles. The number of aromatic nitrogens is 8. The van der Waals surface area contributed by atoms with E-state index in [1.807, 2.05) is 24.3 Å². The lowest BCUT2D eigenvalue weighted by Crippen LogP contribution is -2.68. The number of aliphatic hydroxyl groups is 6. The second-order valence-electron chi connectivity index (χ2n) is 20.9. The third-order valence-electron chi connectivity index (χ3n) is 15.3. The fourth-order valence-corrected chi connectivity index (χ4v) is 10.6. The Morgan fingerprint density at radius 2 is 1.24 bits per heavy atom. The Bertz CT molecular complexity index is 2730. The molecule has 0 amide bonds. The van der Waals surface area contributed by atoms with Gasteiger partial charge >= 0.3 is 0 Å². The summed E-state index contributed by atoms with van der Waals surface area (Å²) in [5.74, 6) is 1.48. The van der Waals surface area contributed by atoms with Crippen molar-refractivity contribution in [3.8, 4) is 17.1 Å². The van der Waals surface area contributed by atoms with Gasteiger partial charge in [0.15, 0.2) is 18.9 Å². The molecule has 30 heteroatoms. The lowest BCUT2D eigenvalue weighted by atomic mass is 9.84. The topological polar surface area (TPSA) is 448 Å². The van der Waals surface area contributed by atoms with Crippen LogP contribution in [-0.2, 0) is 59.5 Å². The molecule has 3 aromatic heterocycles. The molecule has 5 aliphatic rings. The van der Waals surface area contributed by atoms with Crippen LogP contribution in [0.15, 0.2) is 54.9 Å². The maximum Gasteiger partial charge on any atom is 0.187 e. The molecular formula is C49H74N16O14. The molecule has 19 atom stereocenters. The Morgan fingerprint density at radius 3 is 1.89 bits per heavy atom. The van der Waals surface area contributed by atoms with Crippen molar-refractivity contribution in [1.82, 2.24) is 44.9 Å². The van der Waals surface area contributed by atoms with Gasteiger partial charge in [-0.25, -0.2) is 14.3 Å². The molecule has 0 bridgehead atoms. The Labute approximate surface area is 453 Å². The Morgan fingerprint density at radius 1 is 0.646 bits per heavy atom. The summed E-state index contributed by atoms with van der Waals surface area (Å²) in [5.41, 5.74) is 41.9. The van der Waals surface area contributed by atoms with Crippen molar-refractivity contribution in [3.63, 3.8) is 0 Å². The maximum atomic E-state index is 11.9. The zero-order valence-electron chi connectivity index (χ0n) is 43.6. The summed E-state index contributed by atoms with van der Waals surface area (Å²) in [6, 6.07) is 9.74. The smallest absolute Gasteiger partial charge is 0.187 e. The molecule has 4 aliphatic heterocycles. The maximum absolute atomic E-state index is 11.9. The number of rotatable bonds is 20. The van der Waals surface area contributed by atoms with E-state index >= 15 is 0 Å². The van der Waals surface area contributed by atoms with Crippen LogP contribution < -0.4 is 44.0 Å². The molecule has 10 rings (SSSR count). The number of aromatic amines is 1. The second kappa shape index (κ2) is 25.0. The number of aliphatic hydroxyl groups excluding tert-OH is 6. The largest absolute Gasteiger partial charge is 0.492 e. The number of fused-ring (bicyclic) bond motifs is 1. The molecule has 1 aliphatic carbocycles. The molecule has 0 radical (unpaired) electrons. The summed E-state index contributed by atoms with van der Waals surface area (Å²) in [5, 5.41) is 82.7. The Balaban J connectivity index is 0.734. The number of H-pyrrole nitrogens is 1. The summed E-state index contributed by atoms with van der Waals surface area (Å²) in [7, 11) is 2.15. The van der Waals surface area contributed by atoms with Gasteiger partial charge in [-0.15, -0.1) is 10.2 Å². The number of nitrogens with one attached hydrogen (secondary N) is 1. The number of hydrogen-bond donors (Lipinski definition) is 13. The number of imidazole rings is 1. The number of hydrogen-bond acceptors (Lipinski definition) is 27. The molecule has 5 aromatic rings. The number of nitrogens with two attached hydrogens (primary N) is 6. The number of benzene rings is 2. The molecule has 79 heavy (non-hydrogen) atoms. The molecule has 434 valence electrons. The average Bonchev–Trinajstić information content (AvgIpc) is 4.29. The van der Waals surface area contributed by atoms with Gasteiger partial charge in [0.25, 0.3) is 0 Å². The Kier molecular flexibility index (Phi) is 18.1. The van der Waals surface area contributed by atoms with E-state index in [0.29, 0.717) is 30.3 Å². The van der Waals surface area contributed by atoms with Crippen LogP contribution in [0.1, 0.15) is 17.8 Å². The second-order valence-corrected chi connectivity index (χ2v) is 20.9. The Hall–Kier alpha value is -5.01. The highest BCUT2D eigenvalue weighted by atomic mass is 16.8. The van der Waals surface area contributed by atoms with Crippen molar-refractivity contribution in [2.75, 3.05) is 57.8 Å². The van der Waals surface area contributed by atoms with Crippen molar-refractivity contribution in [1.29, 1.82) is 0 Å². The fraction of sp³-hybridized carbons (Fsp3) is 0.653. The molecule has 1 saturated carbocycles.